The molecular weight excluding hydrogens is 292 g/mol. The van der Waals surface area contributed by atoms with Crippen LogP contribution in [0.3, 0.4) is 0 Å². The minimum absolute atomic E-state index is 0.00880. The fourth-order valence-electron chi connectivity index (χ4n) is 1.27. The average molecular weight is 300 g/mol. The van der Waals surface area contributed by atoms with E-state index in [4.69, 9.17) is 10.5 Å². The molecule has 0 spiro atoms. The van der Waals surface area contributed by atoms with E-state index < -0.39 is 11.6 Å². The van der Waals surface area contributed by atoms with E-state index >= 15 is 0 Å². The first-order chi connectivity index (χ1) is 8.06. The van der Waals surface area contributed by atoms with Crippen molar-refractivity contribution in [1.82, 2.24) is 0 Å². The van der Waals surface area contributed by atoms with Crippen LogP contribution in [0, 0.1) is 11.6 Å². The highest BCUT2D eigenvalue weighted by Crippen LogP contribution is 2.30. The molecular formula is C12H8BrF2NO. The van der Waals surface area contributed by atoms with Gasteiger partial charge in [-0.2, -0.15) is 0 Å². The van der Waals surface area contributed by atoms with Crippen molar-refractivity contribution in [3.8, 4) is 11.5 Å². The summed E-state index contributed by atoms with van der Waals surface area (Å²) in [6.45, 7) is 0. The molecule has 2 aromatic rings. The highest BCUT2D eigenvalue weighted by Gasteiger charge is 2.08. The second kappa shape index (κ2) is 4.71. The van der Waals surface area contributed by atoms with Crippen LogP contribution < -0.4 is 10.5 Å². The summed E-state index contributed by atoms with van der Waals surface area (Å²) in [4.78, 5) is 0. The third kappa shape index (κ3) is 2.74. The Bertz CT molecular complexity index is 560. The molecule has 0 fully saturated rings. The van der Waals surface area contributed by atoms with Crippen molar-refractivity contribution in [2.24, 2.45) is 0 Å². The molecule has 0 aliphatic carbocycles. The van der Waals surface area contributed by atoms with Gasteiger partial charge in [0.25, 0.3) is 0 Å². The van der Waals surface area contributed by atoms with Gasteiger partial charge in [0.15, 0.2) is 17.3 Å². The molecule has 0 aliphatic heterocycles. The van der Waals surface area contributed by atoms with Gasteiger partial charge in [-0.15, -0.1) is 0 Å². The minimum Gasteiger partial charge on any atom is -0.452 e. The van der Waals surface area contributed by atoms with E-state index in [0.29, 0.717) is 4.47 Å². The predicted octanol–water partition coefficient (Wildman–Crippen LogP) is 4.10. The van der Waals surface area contributed by atoms with Crippen LogP contribution >= 0.6 is 15.9 Å². The van der Waals surface area contributed by atoms with Crippen molar-refractivity contribution in [3.05, 3.63) is 52.5 Å². The Morgan fingerprint density at radius 1 is 1.00 bits per heavy atom. The van der Waals surface area contributed by atoms with Crippen LogP contribution in [-0.4, -0.2) is 0 Å². The molecule has 0 aromatic heterocycles. The molecule has 2 aromatic carbocycles. The number of rotatable bonds is 2. The fourth-order valence-corrected chi connectivity index (χ4v) is 1.61. The predicted molar refractivity (Wildman–Crippen MR) is 65.0 cm³/mol. The molecule has 0 bridgehead atoms. The number of benzene rings is 2. The monoisotopic (exact) mass is 299 g/mol. The standard InChI is InChI=1S/C12H8BrF2NO/c13-7-1-4-11(9(15)5-7)17-12-6-8(14)2-3-10(12)16/h1-6H,16H2. The Hall–Kier alpha value is -1.62. The number of nitrogens with two attached hydrogens (primary N) is 1. The van der Waals surface area contributed by atoms with Gasteiger partial charge in [0.1, 0.15) is 5.82 Å². The van der Waals surface area contributed by atoms with Gasteiger partial charge in [-0.25, -0.2) is 8.78 Å². The summed E-state index contributed by atoms with van der Waals surface area (Å²) in [7, 11) is 0. The zero-order valence-corrected chi connectivity index (χ0v) is 10.2. The second-order valence-corrected chi connectivity index (χ2v) is 4.27. The summed E-state index contributed by atoms with van der Waals surface area (Å²) >= 11 is 3.13. The summed E-state index contributed by atoms with van der Waals surface area (Å²) in [6.07, 6.45) is 0. The lowest BCUT2D eigenvalue weighted by Gasteiger charge is -2.09. The molecule has 2 rings (SSSR count). The van der Waals surface area contributed by atoms with E-state index in [1.807, 2.05) is 0 Å². The Morgan fingerprint density at radius 2 is 1.76 bits per heavy atom. The summed E-state index contributed by atoms with van der Waals surface area (Å²) in [5, 5.41) is 0. The Morgan fingerprint density at radius 3 is 2.47 bits per heavy atom. The van der Waals surface area contributed by atoms with E-state index in [-0.39, 0.29) is 17.2 Å². The number of anilines is 1. The molecule has 0 unspecified atom stereocenters. The topological polar surface area (TPSA) is 35.2 Å². The quantitative estimate of drug-likeness (QED) is 0.847. The van der Waals surface area contributed by atoms with Gasteiger partial charge in [0.05, 0.1) is 5.69 Å². The zero-order valence-electron chi connectivity index (χ0n) is 8.58. The Balaban J connectivity index is 2.34. The first-order valence-corrected chi connectivity index (χ1v) is 5.53. The fraction of sp³-hybridized carbons (Fsp3) is 0. The van der Waals surface area contributed by atoms with Crippen LogP contribution in [0.15, 0.2) is 40.9 Å². The molecule has 5 heteroatoms. The molecule has 88 valence electrons. The van der Waals surface area contributed by atoms with Gasteiger partial charge in [-0.05, 0) is 30.3 Å². The lowest BCUT2D eigenvalue weighted by atomic mass is 10.3. The van der Waals surface area contributed by atoms with Gasteiger partial charge in [0, 0.05) is 10.5 Å². The maximum absolute atomic E-state index is 13.5. The summed E-state index contributed by atoms with van der Waals surface area (Å²) in [6, 6.07) is 7.99. The van der Waals surface area contributed by atoms with Crippen LogP contribution in [0.1, 0.15) is 0 Å². The molecule has 0 heterocycles. The largest absolute Gasteiger partial charge is 0.452 e. The maximum atomic E-state index is 13.5. The summed E-state index contributed by atoms with van der Waals surface area (Å²) < 4.78 is 32.3. The van der Waals surface area contributed by atoms with Crippen molar-refractivity contribution >= 4 is 21.6 Å². The molecule has 0 radical (unpaired) electrons. The van der Waals surface area contributed by atoms with E-state index in [0.717, 1.165) is 6.07 Å². The number of ether oxygens (including phenoxy) is 1. The van der Waals surface area contributed by atoms with E-state index in [1.54, 1.807) is 6.07 Å². The van der Waals surface area contributed by atoms with E-state index in [2.05, 4.69) is 15.9 Å². The summed E-state index contributed by atoms with van der Waals surface area (Å²) in [5.41, 5.74) is 5.84. The van der Waals surface area contributed by atoms with Crippen LogP contribution in [0.4, 0.5) is 14.5 Å². The molecule has 0 saturated carbocycles. The normalized spacial score (nSPS) is 10.3. The number of hydrogen-bond acceptors (Lipinski definition) is 2. The van der Waals surface area contributed by atoms with Gasteiger partial charge < -0.3 is 10.5 Å². The van der Waals surface area contributed by atoms with Gasteiger partial charge in [-0.3, -0.25) is 0 Å². The van der Waals surface area contributed by atoms with Gasteiger partial charge in [0.2, 0.25) is 0 Å². The van der Waals surface area contributed by atoms with E-state index in [9.17, 15) is 8.78 Å². The van der Waals surface area contributed by atoms with Crippen LogP contribution in [0.5, 0.6) is 11.5 Å². The third-order valence-electron chi connectivity index (χ3n) is 2.09. The number of nitrogen functional groups attached to an aromatic ring is 1. The zero-order chi connectivity index (χ0) is 12.4. The number of hydrogen-bond donors (Lipinski definition) is 1. The van der Waals surface area contributed by atoms with Crippen LogP contribution in [0.2, 0.25) is 0 Å². The second-order valence-electron chi connectivity index (χ2n) is 3.36. The Kier molecular flexibility index (Phi) is 3.28. The molecule has 17 heavy (non-hydrogen) atoms. The first-order valence-electron chi connectivity index (χ1n) is 4.74. The smallest absolute Gasteiger partial charge is 0.166 e. The average Bonchev–Trinajstić information content (AvgIpc) is 2.27. The molecule has 0 amide bonds. The molecule has 0 atom stereocenters. The highest BCUT2D eigenvalue weighted by atomic mass is 79.9. The van der Waals surface area contributed by atoms with E-state index in [1.165, 1.54) is 24.3 Å². The van der Waals surface area contributed by atoms with Crippen molar-refractivity contribution in [2.75, 3.05) is 5.73 Å². The van der Waals surface area contributed by atoms with Crippen molar-refractivity contribution in [2.45, 2.75) is 0 Å². The lowest BCUT2D eigenvalue weighted by molar-refractivity contribution is 0.440. The minimum atomic E-state index is -0.553. The van der Waals surface area contributed by atoms with Crippen molar-refractivity contribution < 1.29 is 13.5 Å². The van der Waals surface area contributed by atoms with Gasteiger partial charge in [-0.1, -0.05) is 15.9 Å². The molecule has 0 saturated heterocycles. The molecule has 2 nitrogen and oxygen atoms in total. The SMILES string of the molecule is Nc1ccc(F)cc1Oc1ccc(Br)cc1F. The van der Waals surface area contributed by atoms with Crippen molar-refractivity contribution in [1.29, 1.82) is 0 Å². The van der Waals surface area contributed by atoms with Crippen molar-refractivity contribution in [3.63, 3.8) is 0 Å². The maximum Gasteiger partial charge on any atom is 0.166 e. The Labute approximate surface area is 105 Å². The molecule has 2 N–H and O–H groups in total. The highest BCUT2D eigenvalue weighted by molar-refractivity contribution is 9.10. The molecule has 0 aliphatic rings. The third-order valence-corrected chi connectivity index (χ3v) is 2.58. The summed E-state index contributed by atoms with van der Waals surface area (Å²) in [5.74, 6) is -0.966. The first kappa shape index (κ1) is 11.9. The lowest BCUT2D eigenvalue weighted by Crippen LogP contribution is -1.94. The van der Waals surface area contributed by atoms with Crippen LogP contribution in [-0.2, 0) is 0 Å². The van der Waals surface area contributed by atoms with Crippen LogP contribution in [0.25, 0.3) is 0 Å². The number of halogens is 3. The van der Waals surface area contributed by atoms with Gasteiger partial charge >= 0.3 is 0 Å².